The molecule has 0 bridgehead atoms. The molecular weight excluding hydrogens is 254 g/mol. The van der Waals surface area contributed by atoms with Crippen LogP contribution in [0.5, 0.6) is 5.75 Å². The van der Waals surface area contributed by atoms with Crippen molar-refractivity contribution in [2.45, 2.75) is 19.9 Å². The fourth-order valence-electron chi connectivity index (χ4n) is 1.75. The Morgan fingerprint density at radius 3 is 2.45 bits per heavy atom. The van der Waals surface area contributed by atoms with E-state index >= 15 is 0 Å². The van der Waals surface area contributed by atoms with Gasteiger partial charge in [-0.05, 0) is 24.1 Å². The molecule has 0 amide bonds. The molecule has 0 fully saturated rings. The van der Waals surface area contributed by atoms with E-state index in [0.29, 0.717) is 23.9 Å². The van der Waals surface area contributed by atoms with Crippen LogP contribution in [0.2, 0.25) is 0 Å². The molecule has 0 aliphatic carbocycles. The van der Waals surface area contributed by atoms with E-state index in [0.717, 1.165) is 18.5 Å². The molecule has 6 nitrogen and oxygen atoms in total. The van der Waals surface area contributed by atoms with Crippen molar-refractivity contribution in [3.63, 3.8) is 0 Å². The first-order valence-electron chi connectivity index (χ1n) is 6.60. The Balaban J connectivity index is 2.10. The van der Waals surface area contributed by atoms with E-state index in [1.807, 2.05) is 12.1 Å². The number of nitrogens with zero attached hydrogens (tertiary/aromatic N) is 3. The minimum atomic E-state index is 0.634. The monoisotopic (exact) mass is 273 g/mol. The molecule has 2 aromatic rings. The standard InChI is InChI=1S/C14H19N5O/c1-3-6-16-13-12(20-2)14(19-10-18-13)17-9-11-4-7-15-8-5-11/h4-5,7-8,10H,3,6,9H2,1-2H3,(H2,16,17,18,19). The van der Waals surface area contributed by atoms with Crippen LogP contribution in [0.25, 0.3) is 0 Å². The summed E-state index contributed by atoms with van der Waals surface area (Å²) in [6.07, 6.45) is 6.08. The lowest BCUT2D eigenvalue weighted by atomic mass is 10.3. The Kier molecular flexibility index (Phi) is 5.11. The summed E-state index contributed by atoms with van der Waals surface area (Å²) in [6.45, 7) is 3.60. The third-order valence-corrected chi connectivity index (χ3v) is 2.76. The lowest BCUT2D eigenvalue weighted by molar-refractivity contribution is 0.414. The maximum absolute atomic E-state index is 5.40. The lowest BCUT2D eigenvalue weighted by Crippen LogP contribution is -2.09. The van der Waals surface area contributed by atoms with Crippen molar-refractivity contribution in [2.24, 2.45) is 0 Å². The lowest BCUT2D eigenvalue weighted by Gasteiger charge is -2.13. The van der Waals surface area contributed by atoms with Crippen LogP contribution in [-0.2, 0) is 6.54 Å². The quantitative estimate of drug-likeness (QED) is 0.806. The van der Waals surface area contributed by atoms with E-state index in [4.69, 9.17) is 4.74 Å². The summed E-state index contributed by atoms with van der Waals surface area (Å²) in [7, 11) is 1.62. The highest BCUT2D eigenvalue weighted by Crippen LogP contribution is 2.29. The van der Waals surface area contributed by atoms with Gasteiger partial charge in [0.05, 0.1) is 7.11 Å². The number of ether oxygens (including phenoxy) is 1. The summed E-state index contributed by atoms with van der Waals surface area (Å²) in [4.78, 5) is 12.4. The highest BCUT2D eigenvalue weighted by molar-refractivity contribution is 5.63. The van der Waals surface area contributed by atoms with Gasteiger partial charge in [0, 0.05) is 25.5 Å². The molecule has 0 unspecified atom stereocenters. The summed E-state index contributed by atoms with van der Waals surface area (Å²) in [6, 6.07) is 3.91. The van der Waals surface area contributed by atoms with Gasteiger partial charge in [-0.15, -0.1) is 0 Å². The fourth-order valence-corrected chi connectivity index (χ4v) is 1.75. The third kappa shape index (κ3) is 3.57. The molecule has 0 aromatic carbocycles. The second kappa shape index (κ2) is 7.28. The largest absolute Gasteiger partial charge is 0.490 e. The van der Waals surface area contributed by atoms with E-state index in [2.05, 4.69) is 32.5 Å². The Morgan fingerprint density at radius 2 is 1.80 bits per heavy atom. The summed E-state index contributed by atoms with van der Waals surface area (Å²) >= 11 is 0. The third-order valence-electron chi connectivity index (χ3n) is 2.76. The second-order valence-electron chi connectivity index (χ2n) is 4.24. The number of aromatic nitrogens is 3. The molecule has 0 atom stereocenters. The first-order valence-corrected chi connectivity index (χ1v) is 6.60. The minimum Gasteiger partial charge on any atom is -0.490 e. The predicted octanol–water partition coefficient (Wildman–Crippen LogP) is 2.31. The molecule has 2 rings (SSSR count). The van der Waals surface area contributed by atoms with E-state index in [9.17, 15) is 0 Å². The molecule has 2 N–H and O–H groups in total. The number of hydrogen-bond acceptors (Lipinski definition) is 6. The molecule has 0 saturated carbocycles. The molecule has 2 heterocycles. The van der Waals surface area contributed by atoms with Gasteiger partial charge in [-0.25, -0.2) is 9.97 Å². The van der Waals surface area contributed by atoms with Crippen LogP contribution in [0.4, 0.5) is 11.6 Å². The number of hydrogen-bond donors (Lipinski definition) is 2. The van der Waals surface area contributed by atoms with Crippen molar-refractivity contribution >= 4 is 11.6 Å². The van der Waals surface area contributed by atoms with Crippen LogP contribution in [0, 0.1) is 0 Å². The van der Waals surface area contributed by atoms with Crippen LogP contribution in [0.3, 0.4) is 0 Å². The maximum Gasteiger partial charge on any atom is 0.204 e. The van der Waals surface area contributed by atoms with Crippen LogP contribution in [0.1, 0.15) is 18.9 Å². The van der Waals surface area contributed by atoms with Crippen molar-refractivity contribution in [1.29, 1.82) is 0 Å². The molecule has 0 aliphatic rings. The number of anilines is 2. The number of rotatable bonds is 7. The molecule has 20 heavy (non-hydrogen) atoms. The minimum absolute atomic E-state index is 0.634. The van der Waals surface area contributed by atoms with Crippen LogP contribution in [0.15, 0.2) is 30.9 Å². The van der Waals surface area contributed by atoms with E-state index < -0.39 is 0 Å². The summed E-state index contributed by atoms with van der Waals surface area (Å²) in [5, 5.41) is 6.48. The van der Waals surface area contributed by atoms with Crippen molar-refractivity contribution in [3.05, 3.63) is 36.4 Å². The smallest absolute Gasteiger partial charge is 0.204 e. The van der Waals surface area contributed by atoms with Gasteiger partial charge in [-0.1, -0.05) is 6.92 Å². The van der Waals surface area contributed by atoms with Crippen molar-refractivity contribution < 1.29 is 4.74 Å². The maximum atomic E-state index is 5.40. The van der Waals surface area contributed by atoms with Gasteiger partial charge in [0.1, 0.15) is 6.33 Å². The topological polar surface area (TPSA) is 72.0 Å². The molecule has 6 heteroatoms. The van der Waals surface area contributed by atoms with E-state index in [1.165, 1.54) is 6.33 Å². The number of methoxy groups -OCH3 is 1. The van der Waals surface area contributed by atoms with Crippen LogP contribution >= 0.6 is 0 Å². The van der Waals surface area contributed by atoms with Gasteiger partial charge in [0.15, 0.2) is 11.6 Å². The van der Waals surface area contributed by atoms with Crippen molar-refractivity contribution in [2.75, 3.05) is 24.3 Å². The molecule has 0 radical (unpaired) electrons. The second-order valence-corrected chi connectivity index (χ2v) is 4.24. The Bertz CT molecular complexity index is 532. The van der Waals surface area contributed by atoms with Gasteiger partial charge in [0.25, 0.3) is 0 Å². The first kappa shape index (κ1) is 14.0. The Labute approximate surface area is 118 Å². The van der Waals surface area contributed by atoms with E-state index in [-0.39, 0.29) is 0 Å². The average Bonchev–Trinajstić information content (AvgIpc) is 2.51. The van der Waals surface area contributed by atoms with Gasteiger partial charge in [-0.3, -0.25) is 4.98 Å². The summed E-state index contributed by atoms with van der Waals surface area (Å²) in [5.74, 6) is 2.02. The molecule has 106 valence electrons. The van der Waals surface area contributed by atoms with Crippen molar-refractivity contribution in [1.82, 2.24) is 15.0 Å². The molecule has 0 saturated heterocycles. The number of nitrogens with one attached hydrogen (secondary N) is 2. The summed E-state index contributed by atoms with van der Waals surface area (Å²) < 4.78 is 5.40. The zero-order valence-electron chi connectivity index (χ0n) is 11.8. The molecular formula is C14H19N5O. The number of pyridine rings is 1. The van der Waals surface area contributed by atoms with Gasteiger partial charge in [-0.2, -0.15) is 0 Å². The molecule has 0 aliphatic heterocycles. The van der Waals surface area contributed by atoms with Gasteiger partial charge < -0.3 is 15.4 Å². The first-order chi connectivity index (χ1) is 9.85. The van der Waals surface area contributed by atoms with Crippen molar-refractivity contribution in [3.8, 4) is 5.75 Å². The highest BCUT2D eigenvalue weighted by Gasteiger charge is 2.11. The van der Waals surface area contributed by atoms with Crippen LogP contribution in [-0.4, -0.2) is 28.6 Å². The predicted molar refractivity (Wildman–Crippen MR) is 78.9 cm³/mol. The zero-order valence-corrected chi connectivity index (χ0v) is 11.8. The SMILES string of the molecule is CCCNc1ncnc(NCc2ccncc2)c1OC. The average molecular weight is 273 g/mol. The van der Waals surface area contributed by atoms with Gasteiger partial charge in [0.2, 0.25) is 5.75 Å². The Hall–Kier alpha value is -2.37. The normalized spacial score (nSPS) is 10.1. The molecule has 2 aromatic heterocycles. The highest BCUT2D eigenvalue weighted by atomic mass is 16.5. The fraction of sp³-hybridized carbons (Fsp3) is 0.357. The van der Waals surface area contributed by atoms with Gasteiger partial charge >= 0.3 is 0 Å². The van der Waals surface area contributed by atoms with E-state index in [1.54, 1.807) is 19.5 Å². The summed E-state index contributed by atoms with van der Waals surface area (Å²) in [5.41, 5.74) is 1.13. The Morgan fingerprint density at radius 1 is 1.10 bits per heavy atom. The zero-order chi connectivity index (χ0) is 14.2. The molecule has 0 spiro atoms. The van der Waals surface area contributed by atoms with Crippen LogP contribution < -0.4 is 15.4 Å².